The van der Waals surface area contributed by atoms with Crippen LogP contribution in [0.4, 0.5) is 0 Å². The molecule has 0 spiro atoms. The van der Waals surface area contributed by atoms with E-state index in [4.69, 9.17) is 0 Å². The lowest BCUT2D eigenvalue weighted by atomic mass is 10.0. The van der Waals surface area contributed by atoms with Crippen LogP contribution in [0.25, 0.3) is 5.69 Å². The Kier molecular flexibility index (Phi) is 2.77. The van der Waals surface area contributed by atoms with E-state index in [9.17, 15) is 9.90 Å². The van der Waals surface area contributed by atoms with E-state index in [0.717, 1.165) is 5.69 Å². The molecule has 5 heteroatoms. The van der Waals surface area contributed by atoms with Gasteiger partial charge in [0.2, 0.25) is 5.78 Å². The number of hydrogen-bond donors (Lipinski definition) is 1. The highest BCUT2D eigenvalue weighted by Crippen LogP contribution is 2.15. The second-order valence-corrected chi connectivity index (χ2v) is 4.25. The number of nitrogens with zero attached hydrogens (tertiary/aromatic N) is 3. The second kappa shape index (κ2) is 4.10. The molecule has 0 bridgehead atoms. The normalized spacial score (nSPS) is 11.5. The summed E-state index contributed by atoms with van der Waals surface area (Å²) in [6, 6.07) is 9.19. The highest BCUT2D eigenvalue weighted by atomic mass is 16.3. The molecule has 0 aliphatic heterocycles. The molecule has 5 nitrogen and oxygen atoms in total. The number of aromatic nitrogens is 3. The number of rotatable bonds is 3. The maximum Gasteiger partial charge on any atom is 0.213 e. The molecule has 0 atom stereocenters. The number of carbonyl (C=O) groups is 1. The van der Waals surface area contributed by atoms with Gasteiger partial charge in [0.25, 0.3) is 0 Å². The summed E-state index contributed by atoms with van der Waals surface area (Å²) in [5.74, 6) is -0.411. The van der Waals surface area contributed by atoms with E-state index in [1.54, 1.807) is 0 Å². The first-order chi connectivity index (χ1) is 8.00. The minimum atomic E-state index is -1.44. The third-order valence-corrected chi connectivity index (χ3v) is 2.34. The van der Waals surface area contributed by atoms with Crippen LogP contribution in [0.5, 0.6) is 0 Å². The SMILES string of the molecule is CC(C)(O)C(=O)c1cnnn1-c1ccccc1. The lowest BCUT2D eigenvalue weighted by molar-refractivity contribution is 0.0479. The van der Waals surface area contributed by atoms with Crippen LogP contribution >= 0.6 is 0 Å². The lowest BCUT2D eigenvalue weighted by Crippen LogP contribution is -2.32. The van der Waals surface area contributed by atoms with Crippen LogP contribution in [-0.4, -0.2) is 31.5 Å². The monoisotopic (exact) mass is 231 g/mol. The summed E-state index contributed by atoms with van der Waals surface area (Å²) in [6.07, 6.45) is 1.35. The Hall–Kier alpha value is -2.01. The molecule has 1 aromatic carbocycles. The van der Waals surface area contributed by atoms with Crippen LogP contribution in [-0.2, 0) is 0 Å². The van der Waals surface area contributed by atoms with E-state index in [0.29, 0.717) is 0 Å². The molecule has 2 rings (SSSR count). The topological polar surface area (TPSA) is 68.0 Å². The van der Waals surface area contributed by atoms with Gasteiger partial charge in [0.05, 0.1) is 11.9 Å². The summed E-state index contributed by atoms with van der Waals surface area (Å²) in [5, 5.41) is 17.3. The smallest absolute Gasteiger partial charge is 0.213 e. The Bertz CT molecular complexity index is 526. The third-order valence-electron chi connectivity index (χ3n) is 2.34. The number of hydrogen-bond acceptors (Lipinski definition) is 4. The molecule has 17 heavy (non-hydrogen) atoms. The zero-order valence-electron chi connectivity index (χ0n) is 9.66. The molecular formula is C12H13N3O2. The molecule has 0 saturated heterocycles. The summed E-state index contributed by atoms with van der Waals surface area (Å²) in [6.45, 7) is 2.88. The second-order valence-electron chi connectivity index (χ2n) is 4.25. The van der Waals surface area contributed by atoms with Crippen LogP contribution < -0.4 is 0 Å². The molecule has 0 fully saturated rings. The number of aliphatic hydroxyl groups is 1. The molecule has 1 aromatic heterocycles. The van der Waals surface area contributed by atoms with E-state index >= 15 is 0 Å². The van der Waals surface area contributed by atoms with Gasteiger partial charge in [-0.1, -0.05) is 23.4 Å². The van der Waals surface area contributed by atoms with Gasteiger partial charge in [0.15, 0.2) is 0 Å². The van der Waals surface area contributed by atoms with Crippen molar-refractivity contribution in [3.05, 3.63) is 42.2 Å². The van der Waals surface area contributed by atoms with Crippen molar-refractivity contribution in [3.8, 4) is 5.69 Å². The molecule has 0 amide bonds. The van der Waals surface area contributed by atoms with Crippen LogP contribution in [0.1, 0.15) is 24.3 Å². The standard InChI is InChI=1S/C12H13N3O2/c1-12(2,17)11(16)10-8-13-14-15(10)9-6-4-3-5-7-9/h3-8,17H,1-2H3. The predicted molar refractivity (Wildman–Crippen MR) is 62.0 cm³/mol. The van der Waals surface area contributed by atoms with Gasteiger partial charge in [-0.2, -0.15) is 0 Å². The average Bonchev–Trinajstić information content (AvgIpc) is 2.76. The van der Waals surface area contributed by atoms with Gasteiger partial charge < -0.3 is 5.11 Å². The van der Waals surface area contributed by atoms with Gasteiger partial charge in [-0.25, -0.2) is 4.68 Å². The first kappa shape index (κ1) is 11.5. The van der Waals surface area contributed by atoms with Crippen LogP contribution in [0.3, 0.4) is 0 Å². The lowest BCUT2D eigenvalue weighted by Gasteiger charge is -2.15. The van der Waals surface area contributed by atoms with E-state index in [1.807, 2.05) is 30.3 Å². The minimum absolute atomic E-state index is 0.267. The summed E-state index contributed by atoms with van der Waals surface area (Å²) in [4.78, 5) is 12.0. The molecule has 2 aromatic rings. The Morgan fingerprint density at radius 1 is 1.29 bits per heavy atom. The number of para-hydroxylation sites is 1. The summed E-state index contributed by atoms with van der Waals surface area (Å²) >= 11 is 0. The molecule has 0 unspecified atom stereocenters. The summed E-state index contributed by atoms with van der Waals surface area (Å²) < 4.78 is 1.42. The first-order valence-corrected chi connectivity index (χ1v) is 5.23. The van der Waals surface area contributed by atoms with Crippen molar-refractivity contribution in [3.63, 3.8) is 0 Å². The molecule has 1 heterocycles. The summed E-state index contributed by atoms with van der Waals surface area (Å²) in [5.41, 5.74) is -0.435. The molecule has 0 aliphatic rings. The van der Waals surface area contributed by atoms with E-state index in [1.165, 1.54) is 24.7 Å². The van der Waals surface area contributed by atoms with Crippen LogP contribution in [0.15, 0.2) is 36.5 Å². The molecule has 0 radical (unpaired) electrons. The van der Waals surface area contributed by atoms with Crippen molar-refractivity contribution in [2.45, 2.75) is 19.4 Å². The van der Waals surface area contributed by atoms with Crippen LogP contribution in [0, 0.1) is 0 Å². The zero-order valence-corrected chi connectivity index (χ0v) is 9.66. The molecule has 1 N–H and O–H groups in total. The van der Waals surface area contributed by atoms with Gasteiger partial charge in [-0.3, -0.25) is 4.79 Å². The Balaban J connectivity index is 2.46. The van der Waals surface area contributed by atoms with Gasteiger partial charge in [-0.15, -0.1) is 5.10 Å². The third kappa shape index (κ3) is 2.24. The number of Topliss-reactive ketones (excluding diaryl/α,β-unsaturated/α-hetero) is 1. The molecule has 0 aliphatic carbocycles. The quantitative estimate of drug-likeness (QED) is 0.806. The highest BCUT2D eigenvalue weighted by Gasteiger charge is 2.28. The maximum atomic E-state index is 12.0. The van der Waals surface area contributed by atoms with E-state index in [-0.39, 0.29) is 5.69 Å². The van der Waals surface area contributed by atoms with Crippen molar-refractivity contribution in [1.82, 2.24) is 15.0 Å². The van der Waals surface area contributed by atoms with Crippen LogP contribution in [0.2, 0.25) is 0 Å². The van der Waals surface area contributed by atoms with Crippen molar-refractivity contribution in [2.75, 3.05) is 0 Å². The minimum Gasteiger partial charge on any atom is -0.382 e. The van der Waals surface area contributed by atoms with Crippen molar-refractivity contribution in [2.24, 2.45) is 0 Å². The van der Waals surface area contributed by atoms with Gasteiger partial charge in [0.1, 0.15) is 11.3 Å². The number of benzene rings is 1. The van der Waals surface area contributed by atoms with Gasteiger partial charge >= 0.3 is 0 Å². The largest absolute Gasteiger partial charge is 0.382 e. The molecule has 0 saturated carbocycles. The van der Waals surface area contributed by atoms with Gasteiger partial charge in [0, 0.05) is 0 Å². The Morgan fingerprint density at radius 3 is 2.53 bits per heavy atom. The fourth-order valence-electron chi connectivity index (χ4n) is 1.46. The van der Waals surface area contributed by atoms with Crippen molar-refractivity contribution in [1.29, 1.82) is 0 Å². The molecule has 88 valence electrons. The van der Waals surface area contributed by atoms with E-state index in [2.05, 4.69) is 10.3 Å². The first-order valence-electron chi connectivity index (χ1n) is 5.23. The van der Waals surface area contributed by atoms with Crippen molar-refractivity contribution >= 4 is 5.78 Å². The maximum absolute atomic E-state index is 12.0. The number of carbonyl (C=O) groups excluding carboxylic acids is 1. The molecular weight excluding hydrogens is 218 g/mol. The van der Waals surface area contributed by atoms with Crippen molar-refractivity contribution < 1.29 is 9.90 Å². The van der Waals surface area contributed by atoms with E-state index < -0.39 is 11.4 Å². The Morgan fingerprint density at radius 2 is 1.94 bits per heavy atom. The van der Waals surface area contributed by atoms with Gasteiger partial charge in [-0.05, 0) is 26.0 Å². The number of ketones is 1. The zero-order chi connectivity index (χ0) is 12.5. The Labute approximate surface area is 98.7 Å². The fourth-order valence-corrected chi connectivity index (χ4v) is 1.46. The predicted octanol–water partition coefficient (Wildman–Crippen LogP) is 1.22. The fraction of sp³-hybridized carbons (Fsp3) is 0.250. The summed E-state index contributed by atoms with van der Waals surface area (Å²) in [7, 11) is 0. The highest BCUT2D eigenvalue weighted by molar-refractivity contribution is 6.00. The average molecular weight is 231 g/mol.